The first-order valence-corrected chi connectivity index (χ1v) is 8.30. The highest BCUT2D eigenvalue weighted by molar-refractivity contribution is 6.03. The molecular formula is C20H20N4O2. The molecule has 0 spiro atoms. The summed E-state index contributed by atoms with van der Waals surface area (Å²) in [6.45, 7) is 0.724. The fourth-order valence-corrected chi connectivity index (χ4v) is 2.38. The molecule has 1 aromatic heterocycles. The molecule has 0 aliphatic heterocycles. The minimum Gasteiger partial charge on any atom is -0.497 e. The van der Waals surface area contributed by atoms with Gasteiger partial charge in [0.2, 0.25) is 5.95 Å². The van der Waals surface area contributed by atoms with E-state index in [2.05, 4.69) is 32.7 Å². The summed E-state index contributed by atoms with van der Waals surface area (Å²) in [6.07, 6.45) is 3.90. The highest BCUT2D eigenvalue weighted by Crippen LogP contribution is 2.15. The van der Waals surface area contributed by atoms with E-state index in [1.807, 2.05) is 18.2 Å². The first-order chi connectivity index (χ1) is 12.7. The van der Waals surface area contributed by atoms with Gasteiger partial charge in [-0.25, -0.2) is 9.97 Å². The van der Waals surface area contributed by atoms with Crippen LogP contribution < -0.4 is 15.4 Å². The van der Waals surface area contributed by atoms with Crippen LogP contribution in [-0.4, -0.2) is 29.5 Å². The highest BCUT2D eigenvalue weighted by Gasteiger charge is 2.08. The van der Waals surface area contributed by atoms with Crippen molar-refractivity contribution in [2.24, 2.45) is 0 Å². The van der Waals surface area contributed by atoms with E-state index in [0.717, 1.165) is 18.7 Å². The average molecular weight is 348 g/mol. The van der Waals surface area contributed by atoms with Gasteiger partial charge in [-0.05, 0) is 36.2 Å². The topological polar surface area (TPSA) is 76.1 Å². The summed E-state index contributed by atoms with van der Waals surface area (Å²) >= 11 is 0. The number of hydrogen-bond acceptors (Lipinski definition) is 5. The fraction of sp³-hybridized carbons (Fsp3) is 0.150. The highest BCUT2D eigenvalue weighted by atomic mass is 16.5. The number of benzene rings is 2. The molecule has 1 amide bonds. The van der Waals surface area contributed by atoms with Gasteiger partial charge < -0.3 is 15.4 Å². The molecule has 132 valence electrons. The minimum absolute atomic E-state index is 0.258. The van der Waals surface area contributed by atoms with Crippen LogP contribution in [0.4, 0.5) is 11.6 Å². The maximum absolute atomic E-state index is 12.2. The summed E-state index contributed by atoms with van der Waals surface area (Å²) in [4.78, 5) is 20.6. The van der Waals surface area contributed by atoms with Gasteiger partial charge in [-0.1, -0.05) is 30.3 Å². The SMILES string of the molecule is COc1ccc(NC(=O)c2cnc(NCCc3ccccc3)nc2)cc1. The Morgan fingerprint density at radius 3 is 2.35 bits per heavy atom. The fourth-order valence-electron chi connectivity index (χ4n) is 2.38. The van der Waals surface area contributed by atoms with Gasteiger partial charge in [-0.2, -0.15) is 0 Å². The van der Waals surface area contributed by atoms with Gasteiger partial charge in [0, 0.05) is 24.6 Å². The zero-order chi connectivity index (χ0) is 18.2. The molecule has 0 fully saturated rings. The molecule has 1 heterocycles. The molecule has 6 heteroatoms. The van der Waals surface area contributed by atoms with E-state index in [4.69, 9.17) is 4.74 Å². The number of carbonyl (C=O) groups excluding carboxylic acids is 1. The summed E-state index contributed by atoms with van der Waals surface area (Å²) in [7, 11) is 1.60. The van der Waals surface area contributed by atoms with Gasteiger partial charge in [-0.3, -0.25) is 4.79 Å². The van der Waals surface area contributed by atoms with Crippen molar-refractivity contribution < 1.29 is 9.53 Å². The molecule has 3 aromatic rings. The number of nitrogens with zero attached hydrogens (tertiary/aromatic N) is 2. The Morgan fingerprint density at radius 2 is 1.69 bits per heavy atom. The third-order valence-electron chi connectivity index (χ3n) is 3.80. The zero-order valence-electron chi connectivity index (χ0n) is 14.5. The van der Waals surface area contributed by atoms with Crippen LogP contribution in [0.1, 0.15) is 15.9 Å². The Kier molecular flexibility index (Phi) is 5.77. The molecule has 2 N–H and O–H groups in total. The summed E-state index contributed by atoms with van der Waals surface area (Å²) < 4.78 is 5.09. The molecular weight excluding hydrogens is 328 g/mol. The number of methoxy groups -OCH3 is 1. The van der Waals surface area contributed by atoms with Crippen molar-refractivity contribution in [3.8, 4) is 5.75 Å². The Balaban J connectivity index is 1.52. The Bertz CT molecular complexity index is 834. The quantitative estimate of drug-likeness (QED) is 0.684. The van der Waals surface area contributed by atoms with Crippen LogP contribution in [0.3, 0.4) is 0 Å². The normalized spacial score (nSPS) is 10.2. The summed E-state index contributed by atoms with van der Waals surface area (Å²) in [6, 6.07) is 17.3. The number of aromatic nitrogens is 2. The first kappa shape index (κ1) is 17.4. The number of hydrogen-bond donors (Lipinski definition) is 2. The van der Waals surface area contributed by atoms with Gasteiger partial charge in [0.15, 0.2) is 0 Å². The van der Waals surface area contributed by atoms with E-state index >= 15 is 0 Å². The molecule has 0 aliphatic carbocycles. The van der Waals surface area contributed by atoms with Crippen molar-refractivity contribution in [2.45, 2.75) is 6.42 Å². The van der Waals surface area contributed by atoms with Crippen LogP contribution in [0.15, 0.2) is 67.0 Å². The molecule has 3 rings (SSSR count). The molecule has 0 saturated carbocycles. The van der Waals surface area contributed by atoms with Gasteiger partial charge >= 0.3 is 0 Å². The van der Waals surface area contributed by atoms with Crippen LogP contribution in [0, 0.1) is 0 Å². The Hall–Kier alpha value is -3.41. The lowest BCUT2D eigenvalue weighted by atomic mass is 10.1. The average Bonchev–Trinajstić information content (AvgIpc) is 2.70. The van der Waals surface area contributed by atoms with Crippen molar-refractivity contribution in [2.75, 3.05) is 24.3 Å². The third-order valence-corrected chi connectivity index (χ3v) is 3.80. The number of rotatable bonds is 7. The molecule has 0 aliphatic rings. The molecule has 26 heavy (non-hydrogen) atoms. The maximum Gasteiger partial charge on any atom is 0.258 e. The predicted molar refractivity (Wildman–Crippen MR) is 102 cm³/mol. The van der Waals surface area contributed by atoms with Gasteiger partial charge in [0.1, 0.15) is 5.75 Å². The number of amides is 1. The van der Waals surface area contributed by atoms with Gasteiger partial charge in [0.05, 0.1) is 12.7 Å². The number of anilines is 2. The van der Waals surface area contributed by atoms with E-state index in [9.17, 15) is 4.79 Å². The zero-order valence-corrected chi connectivity index (χ0v) is 14.5. The van der Waals surface area contributed by atoms with Crippen LogP contribution in [-0.2, 0) is 6.42 Å². The number of ether oxygens (including phenoxy) is 1. The van der Waals surface area contributed by atoms with Crippen molar-refractivity contribution in [3.05, 3.63) is 78.1 Å². The van der Waals surface area contributed by atoms with Crippen LogP contribution in [0.2, 0.25) is 0 Å². The van der Waals surface area contributed by atoms with E-state index < -0.39 is 0 Å². The lowest BCUT2D eigenvalue weighted by Gasteiger charge is -2.07. The second-order valence-corrected chi connectivity index (χ2v) is 5.64. The number of nitrogens with one attached hydrogen (secondary N) is 2. The van der Waals surface area contributed by atoms with Crippen molar-refractivity contribution >= 4 is 17.5 Å². The summed E-state index contributed by atoms with van der Waals surface area (Å²) in [5.74, 6) is 0.977. The van der Waals surface area contributed by atoms with E-state index in [0.29, 0.717) is 17.2 Å². The number of carbonyl (C=O) groups is 1. The smallest absolute Gasteiger partial charge is 0.258 e. The van der Waals surface area contributed by atoms with Gasteiger partial charge in [-0.15, -0.1) is 0 Å². The molecule has 2 aromatic carbocycles. The van der Waals surface area contributed by atoms with Crippen LogP contribution in [0.5, 0.6) is 5.75 Å². The van der Waals surface area contributed by atoms with Crippen LogP contribution >= 0.6 is 0 Å². The van der Waals surface area contributed by atoms with E-state index in [1.165, 1.54) is 18.0 Å². The first-order valence-electron chi connectivity index (χ1n) is 8.30. The van der Waals surface area contributed by atoms with Crippen molar-refractivity contribution in [3.63, 3.8) is 0 Å². The summed E-state index contributed by atoms with van der Waals surface area (Å²) in [5.41, 5.74) is 2.32. The molecule has 0 unspecified atom stereocenters. The third kappa shape index (κ3) is 4.80. The lowest BCUT2D eigenvalue weighted by Crippen LogP contribution is -2.14. The minimum atomic E-state index is -0.258. The van der Waals surface area contributed by atoms with Crippen molar-refractivity contribution in [1.82, 2.24) is 9.97 Å². The molecule has 0 atom stereocenters. The van der Waals surface area contributed by atoms with E-state index in [1.54, 1.807) is 31.4 Å². The largest absolute Gasteiger partial charge is 0.497 e. The molecule has 0 radical (unpaired) electrons. The molecule has 6 nitrogen and oxygen atoms in total. The lowest BCUT2D eigenvalue weighted by molar-refractivity contribution is 0.102. The van der Waals surface area contributed by atoms with Crippen molar-refractivity contribution in [1.29, 1.82) is 0 Å². The Labute approximate surface area is 152 Å². The second-order valence-electron chi connectivity index (χ2n) is 5.64. The predicted octanol–water partition coefficient (Wildman–Crippen LogP) is 3.39. The molecule has 0 bridgehead atoms. The maximum atomic E-state index is 12.2. The monoisotopic (exact) mass is 348 g/mol. The molecule has 0 saturated heterocycles. The second kappa shape index (κ2) is 8.62. The standard InChI is InChI=1S/C20H20N4O2/c1-26-18-9-7-17(8-10-18)24-19(25)16-13-22-20(23-14-16)21-12-11-15-5-3-2-4-6-15/h2-10,13-14H,11-12H2,1H3,(H,24,25)(H,21,22,23). The summed E-state index contributed by atoms with van der Waals surface area (Å²) in [5, 5.41) is 5.95. The van der Waals surface area contributed by atoms with E-state index in [-0.39, 0.29) is 5.91 Å². The van der Waals surface area contributed by atoms with Gasteiger partial charge in [0.25, 0.3) is 5.91 Å². The Morgan fingerprint density at radius 1 is 1.00 bits per heavy atom. The van der Waals surface area contributed by atoms with Crippen LogP contribution in [0.25, 0.3) is 0 Å².